The van der Waals surface area contributed by atoms with Gasteiger partial charge in [0, 0.05) is 5.75 Å². The van der Waals surface area contributed by atoms with Crippen molar-refractivity contribution < 1.29 is 9.90 Å². The highest BCUT2D eigenvalue weighted by Crippen LogP contribution is 2.33. The number of fused-ring (bicyclic) bond motifs is 1. The number of amidine groups is 1. The molecule has 0 bridgehead atoms. The summed E-state index contributed by atoms with van der Waals surface area (Å²) in [7, 11) is 0. The van der Waals surface area contributed by atoms with E-state index in [1.807, 2.05) is 0 Å². The van der Waals surface area contributed by atoms with Crippen LogP contribution >= 0.6 is 11.8 Å². The van der Waals surface area contributed by atoms with E-state index in [9.17, 15) is 9.90 Å². The van der Waals surface area contributed by atoms with E-state index in [0.717, 1.165) is 0 Å². The molecule has 5 nitrogen and oxygen atoms in total. The Morgan fingerprint density at radius 2 is 2.46 bits per heavy atom. The first-order valence-corrected chi connectivity index (χ1v) is 4.94. The molecule has 1 fully saturated rings. The van der Waals surface area contributed by atoms with Gasteiger partial charge in [-0.2, -0.15) is 0 Å². The van der Waals surface area contributed by atoms with Gasteiger partial charge >= 0.3 is 0 Å². The van der Waals surface area contributed by atoms with Gasteiger partial charge in [-0.1, -0.05) is 0 Å². The Morgan fingerprint density at radius 1 is 1.77 bits per heavy atom. The molecule has 4 N–H and O–H groups in total. The maximum absolute atomic E-state index is 10.9. The third-order valence-corrected chi connectivity index (χ3v) is 3.24. The SMILES string of the molecule is N=C1C(C(N)=O)=C(O)C2CSCN12. The summed E-state index contributed by atoms with van der Waals surface area (Å²) in [5.74, 6) is 0.652. The van der Waals surface area contributed by atoms with Gasteiger partial charge in [-0.25, -0.2) is 0 Å². The van der Waals surface area contributed by atoms with Crippen LogP contribution in [-0.4, -0.2) is 39.4 Å². The van der Waals surface area contributed by atoms with Crippen LogP contribution in [0.5, 0.6) is 0 Å². The summed E-state index contributed by atoms with van der Waals surface area (Å²) >= 11 is 1.63. The fourth-order valence-corrected chi connectivity index (χ4v) is 2.74. The topological polar surface area (TPSA) is 90.4 Å². The Bertz CT molecular complexity index is 326. The number of carbonyl (C=O) groups is 1. The van der Waals surface area contributed by atoms with Crippen molar-refractivity contribution in [2.45, 2.75) is 6.04 Å². The molecule has 6 heteroatoms. The van der Waals surface area contributed by atoms with E-state index in [1.165, 1.54) is 0 Å². The zero-order valence-corrected chi connectivity index (χ0v) is 7.60. The first kappa shape index (κ1) is 8.43. The lowest BCUT2D eigenvalue weighted by Crippen LogP contribution is -2.32. The first-order chi connectivity index (χ1) is 6.13. The summed E-state index contributed by atoms with van der Waals surface area (Å²) in [5, 5.41) is 17.2. The predicted octanol–water partition coefficient (Wildman–Crippen LogP) is -0.350. The van der Waals surface area contributed by atoms with Crippen molar-refractivity contribution >= 4 is 23.5 Å². The third-order valence-electron chi connectivity index (χ3n) is 2.22. The number of rotatable bonds is 1. The molecular formula is C7H9N3O2S. The molecule has 1 saturated heterocycles. The summed E-state index contributed by atoms with van der Waals surface area (Å²) in [5.41, 5.74) is 5.03. The number of amides is 1. The van der Waals surface area contributed by atoms with E-state index in [-0.39, 0.29) is 23.2 Å². The third kappa shape index (κ3) is 1.02. The van der Waals surface area contributed by atoms with Crippen LogP contribution in [0.25, 0.3) is 0 Å². The van der Waals surface area contributed by atoms with Gasteiger partial charge in [0.05, 0.1) is 11.9 Å². The molecule has 2 aliphatic rings. The molecule has 2 rings (SSSR count). The van der Waals surface area contributed by atoms with Gasteiger partial charge in [0.15, 0.2) is 0 Å². The second kappa shape index (κ2) is 2.66. The van der Waals surface area contributed by atoms with Crippen molar-refractivity contribution in [2.75, 3.05) is 11.6 Å². The van der Waals surface area contributed by atoms with Crippen molar-refractivity contribution in [1.82, 2.24) is 4.90 Å². The molecule has 0 aromatic carbocycles. The number of thioether (sulfide) groups is 1. The fraction of sp³-hybridized carbons (Fsp3) is 0.429. The first-order valence-electron chi connectivity index (χ1n) is 3.79. The van der Waals surface area contributed by atoms with Gasteiger partial charge in [0.2, 0.25) is 0 Å². The number of aliphatic hydroxyl groups is 1. The second-order valence-electron chi connectivity index (χ2n) is 2.96. The molecule has 13 heavy (non-hydrogen) atoms. The molecule has 0 radical (unpaired) electrons. The van der Waals surface area contributed by atoms with Crippen molar-refractivity contribution in [2.24, 2.45) is 5.73 Å². The lowest BCUT2D eigenvalue weighted by molar-refractivity contribution is -0.114. The Morgan fingerprint density at radius 3 is 3.00 bits per heavy atom. The van der Waals surface area contributed by atoms with E-state index >= 15 is 0 Å². The zero-order valence-electron chi connectivity index (χ0n) is 6.78. The lowest BCUT2D eigenvalue weighted by atomic mass is 10.2. The van der Waals surface area contributed by atoms with Gasteiger partial charge in [0.1, 0.15) is 17.2 Å². The number of primary amides is 1. The maximum atomic E-state index is 10.9. The van der Waals surface area contributed by atoms with Crippen LogP contribution in [0.1, 0.15) is 0 Å². The number of nitrogens with zero attached hydrogens (tertiary/aromatic N) is 1. The molecule has 1 unspecified atom stereocenters. The molecular weight excluding hydrogens is 190 g/mol. The van der Waals surface area contributed by atoms with Crippen molar-refractivity contribution in [3.05, 3.63) is 11.3 Å². The quantitative estimate of drug-likeness (QED) is 0.538. The number of nitrogens with one attached hydrogen (secondary N) is 1. The summed E-state index contributed by atoms with van der Waals surface area (Å²) in [6.07, 6.45) is 0. The minimum Gasteiger partial charge on any atom is -0.509 e. The van der Waals surface area contributed by atoms with E-state index in [0.29, 0.717) is 11.6 Å². The van der Waals surface area contributed by atoms with Gasteiger partial charge in [-0.3, -0.25) is 10.2 Å². The van der Waals surface area contributed by atoms with Crippen LogP contribution in [0.15, 0.2) is 11.3 Å². The number of aliphatic hydroxyl groups excluding tert-OH is 1. The standard InChI is InChI=1S/C7H9N3O2S/c8-6-4(7(9)12)5(11)3-1-13-2-10(3)6/h3,8,11H,1-2H2,(H2,9,12). The van der Waals surface area contributed by atoms with Crippen LogP contribution in [0.3, 0.4) is 0 Å². The molecule has 2 aliphatic heterocycles. The Balaban J connectivity index is 2.41. The summed E-state index contributed by atoms with van der Waals surface area (Å²) in [6, 6.07) is -0.208. The Labute approximate surface area is 79.1 Å². The molecule has 0 aliphatic carbocycles. The largest absolute Gasteiger partial charge is 0.509 e. The Kier molecular flexibility index (Phi) is 1.73. The lowest BCUT2D eigenvalue weighted by Gasteiger charge is -2.15. The fourth-order valence-electron chi connectivity index (χ4n) is 1.56. The van der Waals surface area contributed by atoms with Crippen LogP contribution in [0, 0.1) is 5.41 Å². The monoisotopic (exact) mass is 199 g/mol. The summed E-state index contributed by atoms with van der Waals surface area (Å²) in [4.78, 5) is 12.6. The van der Waals surface area contributed by atoms with Gasteiger partial charge in [-0.05, 0) is 0 Å². The number of nitrogens with two attached hydrogens (primary N) is 1. The Hall–Kier alpha value is -1.17. The van der Waals surface area contributed by atoms with Crippen LogP contribution in [-0.2, 0) is 4.79 Å². The molecule has 1 amide bonds. The number of hydrogen-bond acceptors (Lipinski definition) is 4. The van der Waals surface area contributed by atoms with Gasteiger partial charge in [-0.15, -0.1) is 11.8 Å². The predicted molar refractivity (Wildman–Crippen MR) is 49.5 cm³/mol. The minimum atomic E-state index is -0.720. The average molecular weight is 199 g/mol. The number of hydrogen-bond donors (Lipinski definition) is 3. The molecule has 0 aromatic rings. The maximum Gasteiger partial charge on any atom is 0.255 e. The van der Waals surface area contributed by atoms with Crippen LogP contribution < -0.4 is 5.73 Å². The van der Waals surface area contributed by atoms with Crippen LogP contribution in [0.2, 0.25) is 0 Å². The van der Waals surface area contributed by atoms with E-state index in [1.54, 1.807) is 16.7 Å². The molecule has 0 spiro atoms. The smallest absolute Gasteiger partial charge is 0.255 e. The molecule has 0 aromatic heterocycles. The van der Waals surface area contributed by atoms with Crippen LogP contribution in [0.4, 0.5) is 0 Å². The van der Waals surface area contributed by atoms with Gasteiger partial charge in [0.25, 0.3) is 5.91 Å². The van der Waals surface area contributed by atoms with E-state index in [2.05, 4.69) is 0 Å². The molecule has 0 saturated carbocycles. The number of carbonyl (C=O) groups excluding carboxylic acids is 1. The van der Waals surface area contributed by atoms with E-state index in [4.69, 9.17) is 11.1 Å². The molecule has 2 heterocycles. The highest BCUT2D eigenvalue weighted by molar-refractivity contribution is 7.99. The average Bonchev–Trinajstić information content (AvgIpc) is 2.56. The minimum absolute atomic E-state index is 0.0229. The highest BCUT2D eigenvalue weighted by Gasteiger charge is 2.42. The summed E-state index contributed by atoms with van der Waals surface area (Å²) in [6.45, 7) is 0. The highest BCUT2D eigenvalue weighted by atomic mass is 32.2. The van der Waals surface area contributed by atoms with Crippen molar-refractivity contribution in [3.8, 4) is 0 Å². The molecule has 70 valence electrons. The summed E-state index contributed by atoms with van der Waals surface area (Å²) < 4.78 is 0. The van der Waals surface area contributed by atoms with Crippen molar-refractivity contribution in [1.29, 1.82) is 5.41 Å². The molecule has 1 atom stereocenters. The second-order valence-corrected chi connectivity index (χ2v) is 3.96. The van der Waals surface area contributed by atoms with E-state index < -0.39 is 5.91 Å². The normalized spacial score (nSPS) is 26.9. The van der Waals surface area contributed by atoms with Gasteiger partial charge < -0.3 is 15.7 Å². The zero-order chi connectivity index (χ0) is 9.59. The van der Waals surface area contributed by atoms with Crippen molar-refractivity contribution in [3.63, 3.8) is 0 Å².